The van der Waals surface area contributed by atoms with Crippen LogP contribution in [0, 0.1) is 11.3 Å². The second-order valence-electron chi connectivity index (χ2n) is 6.03. The van der Waals surface area contributed by atoms with E-state index in [9.17, 15) is 5.26 Å². The zero-order valence-corrected chi connectivity index (χ0v) is 13.2. The van der Waals surface area contributed by atoms with Crippen LogP contribution in [0.2, 0.25) is 0 Å². The number of hydrogen-bond donors (Lipinski definition) is 0. The van der Waals surface area contributed by atoms with Crippen LogP contribution in [0.5, 0.6) is 0 Å². The van der Waals surface area contributed by atoms with Crippen molar-refractivity contribution in [3.05, 3.63) is 65.0 Å². The van der Waals surface area contributed by atoms with Crippen molar-refractivity contribution in [2.45, 2.75) is 19.4 Å². The highest BCUT2D eigenvalue weighted by Crippen LogP contribution is 2.31. The van der Waals surface area contributed by atoms with Gasteiger partial charge in [0, 0.05) is 30.6 Å². The van der Waals surface area contributed by atoms with E-state index in [0.717, 1.165) is 31.5 Å². The summed E-state index contributed by atoms with van der Waals surface area (Å²) in [7, 11) is 4.19. The van der Waals surface area contributed by atoms with Crippen LogP contribution in [0.4, 0.5) is 0 Å². The molecule has 1 aliphatic rings. The van der Waals surface area contributed by atoms with E-state index < -0.39 is 0 Å². The van der Waals surface area contributed by atoms with Crippen LogP contribution in [-0.4, -0.2) is 30.1 Å². The van der Waals surface area contributed by atoms with Gasteiger partial charge in [-0.05, 0) is 62.3 Å². The molecule has 3 rings (SSSR count). The number of nitriles is 1. The van der Waals surface area contributed by atoms with Gasteiger partial charge in [0.1, 0.15) is 0 Å². The Bertz CT molecular complexity index is 744. The van der Waals surface area contributed by atoms with E-state index in [-0.39, 0.29) is 0 Å². The molecule has 0 unspecified atom stereocenters. The summed E-state index contributed by atoms with van der Waals surface area (Å²) in [5.41, 5.74) is 5.80. The maximum atomic E-state index is 9.22. The van der Waals surface area contributed by atoms with Gasteiger partial charge in [-0.15, -0.1) is 0 Å². The van der Waals surface area contributed by atoms with Gasteiger partial charge in [-0.25, -0.2) is 0 Å². The van der Waals surface area contributed by atoms with Crippen molar-refractivity contribution in [2.75, 3.05) is 20.6 Å². The molecular weight excluding hydrogens is 270 g/mol. The summed E-state index contributed by atoms with van der Waals surface area (Å²) >= 11 is 0. The first kappa shape index (κ1) is 14.6. The van der Waals surface area contributed by atoms with Crippen molar-refractivity contribution in [1.29, 1.82) is 5.26 Å². The molecule has 112 valence electrons. The van der Waals surface area contributed by atoms with E-state index in [1.165, 1.54) is 22.4 Å². The summed E-state index contributed by atoms with van der Waals surface area (Å²) in [4.78, 5) is 2.19. The molecular formula is C19H21N3. The fourth-order valence-electron chi connectivity index (χ4n) is 3.03. The normalized spacial score (nSPS) is 15.3. The quantitative estimate of drug-likeness (QED) is 0.869. The number of benzene rings is 1. The number of aromatic nitrogens is 1. The number of hydrogen-bond acceptors (Lipinski definition) is 2. The SMILES string of the molecule is CN(C)CC/C=C1\c2cc(C#N)ccc2CCn2cccc21. The average Bonchev–Trinajstić information content (AvgIpc) is 2.92. The summed E-state index contributed by atoms with van der Waals surface area (Å²) < 4.78 is 2.31. The first-order chi connectivity index (χ1) is 10.7. The van der Waals surface area contributed by atoms with Gasteiger partial charge in [-0.3, -0.25) is 0 Å². The van der Waals surface area contributed by atoms with Gasteiger partial charge < -0.3 is 9.47 Å². The van der Waals surface area contributed by atoms with Gasteiger partial charge in [0.05, 0.1) is 11.6 Å². The summed E-state index contributed by atoms with van der Waals surface area (Å²) in [6.45, 7) is 2.02. The fourth-order valence-corrected chi connectivity index (χ4v) is 3.03. The molecule has 1 aliphatic heterocycles. The first-order valence-electron chi connectivity index (χ1n) is 7.73. The van der Waals surface area contributed by atoms with Gasteiger partial charge in [0.25, 0.3) is 0 Å². The van der Waals surface area contributed by atoms with Crippen LogP contribution in [0.25, 0.3) is 5.57 Å². The lowest BCUT2D eigenvalue weighted by atomic mass is 9.94. The van der Waals surface area contributed by atoms with Gasteiger partial charge >= 0.3 is 0 Å². The lowest BCUT2D eigenvalue weighted by Crippen LogP contribution is -2.12. The third-order valence-electron chi connectivity index (χ3n) is 4.18. The molecule has 0 spiro atoms. The zero-order chi connectivity index (χ0) is 15.5. The number of nitrogens with zero attached hydrogens (tertiary/aromatic N) is 3. The largest absolute Gasteiger partial charge is 0.347 e. The van der Waals surface area contributed by atoms with E-state index in [1.807, 2.05) is 12.1 Å². The molecule has 1 aromatic heterocycles. The highest BCUT2D eigenvalue weighted by atomic mass is 15.0. The van der Waals surface area contributed by atoms with Crippen LogP contribution in [0.3, 0.4) is 0 Å². The third kappa shape index (κ3) is 2.84. The molecule has 2 heterocycles. The van der Waals surface area contributed by atoms with Crippen molar-refractivity contribution in [3.8, 4) is 6.07 Å². The predicted molar refractivity (Wildman–Crippen MR) is 89.5 cm³/mol. The zero-order valence-electron chi connectivity index (χ0n) is 13.2. The topological polar surface area (TPSA) is 32.0 Å². The number of rotatable bonds is 3. The summed E-state index contributed by atoms with van der Waals surface area (Å²) in [6, 6.07) is 12.6. The van der Waals surface area contributed by atoms with E-state index in [1.54, 1.807) is 0 Å². The van der Waals surface area contributed by atoms with Crippen molar-refractivity contribution in [1.82, 2.24) is 9.47 Å². The van der Waals surface area contributed by atoms with Crippen molar-refractivity contribution < 1.29 is 0 Å². The minimum Gasteiger partial charge on any atom is -0.347 e. The highest BCUT2D eigenvalue weighted by molar-refractivity contribution is 5.81. The molecule has 22 heavy (non-hydrogen) atoms. The molecule has 3 nitrogen and oxygen atoms in total. The Morgan fingerprint density at radius 2 is 2.18 bits per heavy atom. The Hall–Kier alpha value is -2.31. The second kappa shape index (κ2) is 6.21. The van der Waals surface area contributed by atoms with Gasteiger partial charge in [-0.1, -0.05) is 12.1 Å². The number of aryl methyl sites for hydroxylation is 2. The Morgan fingerprint density at radius 1 is 1.32 bits per heavy atom. The molecule has 0 bridgehead atoms. The molecule has 0 saturated heterocycles. The Labute approximate surface area is 132 Å². The molecule has 0 atom stereocenters. The standard InChI is InChI=1S/C19H21N3/c1-21(2)10-3-5-17-18-13-15(14-20)7-8-16(18)9-12-22-11-4-6-19(17)22/h4-8,11,13H,3,9-10,12H2,1-2H3/b17-5+. The predicted octanol–water partition coefficient (Wildman–Crippen LogP) is 3.30. The molecule has 0 amide bonds. The van der Waals surface area contributed by atoms with E-state index in [4.69, 9.17) is 0 Å². The molecule has 0 fully saturated rings. The van der Waals surface area contributed by atoms with E-state index in [0.29, 0.717) is 0 Å². The Morgan fingerprint density at radius 3 is 2.95 bits per heavy atom. The van der Waals surface area contributed by atoms with Crippen LogP contribution in [0.15, 0.2) is 42.6 Å². The highest BCUT2D eigenvalue weighted by Gasteiger charge is 2.17. The smallest absolute Gasteiger partial charge is 0.0991 e. The van der Waals surface area contributed by atoms with Gasteiger partial charge in [-0.2, -0.15) is 5.26 Å². The molecule has 0 aliphatic carbocycles. The minimum atomic E-state index is 0.734. The van der Waals surface area contributed by atoms with Crippen molar-refractivity contribution in [3.63, 3.8) is 0 Å². The second-order valence-corrected chi connectivity index (χ2v) is 6.03. The number of fused-ring (bicyclic) bond motifs is 2. The van der Waals surface area contributed by atoms with Crippen molar-refractivity contribution >= 4 is 5.57 Å². The van der Waals surface area contributed by atoms with Crippen LogP contribution < -0.4 is 0 Å². The summed E-state index contributed by atoms with van der Waals surface area (Å²) in [5.74, 6) is 0. The molecule has 0 saturated carbocycles. The Balaban J connectivity index is 2.09. The molecule has 3 heteroatoms. The van der Waals surface area contributed by atoms with Crippen LogP contribution in [0.1, 0.15) is 28.8 Å². The lowest BCUT2D eigenvalue weighted by molar-refractivity contribution is 0.417. The van der Waals surface area contributed by atoms with E-state index >= 15 is 0 Å². The lowest BCUT2D eigenvalue weighted by Gasteiger charge is -2.12. The monoisotopic (exact) mass is 291 g/mol. The Kier molecular flexibility index (Phi) is 4.13. The van der Waals surface area contributed by atoms with Crippen LogP contribution >= 0.6 is 0 Å². The molecule has 1 aromatic carbocycles. The van der Waals surface area contributed by atoms with Gasteiger partial charge in [0.2, 0.25) is 0 Å². The summed E-state index contributed by atoms with van der Waals surface area (Å²) in [5, 5.41) is 9.22. The molecule has 0 radical (unpaired) electrons. The molecule has 2 aromatic rings. The third-order valence-corrected chi connectivity index (χ3v) is 4.18. The summed E-state index contributed by atoms with van der Waals surface area (Å²) in [6.07, 6.45) is 6.47. The first-order valence-corrected chi connectivity index (χ1v) is 7.73. The minimum absolute atomic E-state index is 0.734. The fraction of sp³-hybridized carbons (Fsp3) is 0.316. The van der Waals surface area contributed by atoms with E-state index in [2.05, 4.69) is 60.1 Å². The van der Waals surface area contributed by atoms with Crippen molar-refractivity contribution in [2.24, 2.45) is 0 Å². The maximum absolute atomic E-state index is 9.22. The molecule has 0 N–H and O–H groups in total. The van der Waals surface area contributed by atoms with Crippen LogP contribution in [-0.2, 0) is 13.0 Å². The van der Waals surface area contributed by atoms with Gasteiger partial charge in [0.15, 0.2) is 0 Å². The average molecular weight is 291 g/mol. The maximum Gasteiger partial charge on any atom is 0.0991 e.